The third-order valence-electron chi connectivity index (χ3n) is 6.96. The molecule has 2 rings (SSSR count). The van der Waals surface area contributed by atoms with Crippen LogP contribution in [0.25, 0.3) is 0 Å². The van der Waals surface area contributed by atoms with Crippen LogP contribution in [-0.2, 0) is 5.41 Å². The molecule has 0 saturated carbocycles. The predicted octanol–water partition coefficient (Wildman–Crippen LogP) is 9.52. The van der Waals surface area contributed by atoms with Gasteiger partial charge in [0, 0.05) is 11.0 Å². The van der Waals surface area contributed by atoms with Crippen LogP contribution in [0, 0.1) is 0 Å². The molecule has 0 spiro atoms. The zero-order valence-corrected chi connectivity index (χ0v) is 20.6. The van der Waals surface area contributed by atoms with Gasteiger partial charge in [0.1, 0.15) is 5.75 Å². The first-order valence-electron chi connectivity index (χ1n) is 12.9. The summed E-state index contributed by atoms with van der Waals surface area (Å²) in [6.45, 7) is 9.10. The highest BCUT2D eigenvalue weighted by atomic mass is 16.3. The van der Waals surface area contributed by atoms with Gasteiger partial charge in [-0.1, -0.05) is 134 Å². The molecule has 2 aromatic rings. The molecule has 0 heterocycles. The monoisotopic (exact) mass is 422 g/mol. The predicted molar refractivity (Wildman–Crippen MR) is 136 cm³/mol. The van der Waals surface area contributed by atoms with Gasteiger partial charge in [-0.2, -0.15) is 0 Å². The molecule has 0 aliphatic rings. The molecule has 31 heavy (non-hydrogen) atoms. The lowest BCUT2D eigenvalue weighted by Crippen LogP contribution is -2.22. The first-order valence-corrected chi connectivity index (χ1v) is 12.9. The Morgan fingerprint density at radius 2 is 1.13 bits per heavy atom. The molecule has 1 heteroatoms. The molecule has 172 valence electrons. The van der Waals surface area contributed by atoms with Crippen molar-refractivity contribution in [3.05, 3.63) is 65.2 Å². The second kappa shape index (κ2) is 13.6. The molecule has 0 fully saturated rings. The summed E-state index contributed by atoms with van der Waals surface area (Å²) in [6.07, 6.45) is 16.0. The van der Waals surface area contributed by atoms with E-state index in [1.807, 2.05) is 18.2 Å². The van der Waals surface area contributed by atoms with E-state index in [2.05, 4.69) is 58.0 Å². The van der Waals surface area contributed by atoms with Crippen LogP contribution in [0.3, 0.4) is 0 Å². The Hall–Kier alpha value is -1.76. The maximum Gasteiger partial charge on any atom is 0.119 e. The molecule has 1 N–H and O–H groups in total. The topological polar surface area (TPSA) is 20.2 Å². The van der Waals surface area contributed by atoms with Crippen LogP contribution < -0.4 is 0 Å². The highest BCUT2D eigenvalue weighted by molar-refractivity contribution is 5.48. The second-order valence-corrected chi connectivity index (χ2v) is 9.83. The summed E-state index contributed by atoms with van der Waals surface area (Å²) < 4.78 is 0. The maximum atomic E-state index is 10.6. The van der Waals surface area contributed by atoms with Crippen molar-refractivity contribution in [1.82, 2.24) is 0 Å². The summed E-state index contributed by atoms with van der Waals surface area (Å²) in [6, 6.07) is 16.9. The van der Waals surface area contributed by atoms with E-state index in [9.17, 15) is 5.11 Å². The van der Waals surface area contributed by atoms with Gasteiger partial charge in [0.15, 0.2) is 0 Å². The van der Waals surface area contributed by atoms with Crippen molar-refractivity contribution >= 4 is 0 Å². The fourth-order valence-electron chi connectivity index (χ4n) is 5.01. The zero-order chi connectivity index (χ0) is 22.5. The molecule has 0 saturated heterocycles. The number of para-hydroxylation sites is 1. The van der Waals surface area contributed by atoms with Gasteiger partial charge in [0.2, 0.25) is 0 Å². The van der Waals surface area contributed by atoms with Gasteiger partial charge in [-0.15, -0.1) is 0 Å². The molecular formula is C30H46O. The largest absolute Gasteiger partial charge is 0.508 e. The van der Waals surface area contributed by atoms with Crippen molar-refractivity contribution in [2.45, 2.75) is 116 Å². The van der Waals surface area contributed by atoms with Crippen LogP contribution >= 0.6 is 0 Å². The molecule has 0 amide bonds. The number of hydrogen-bond acceptors (Lipinski definition) is 1. The van der Waals surface area contributed by atoms with Crippen LogP contribution in [0.1, 0.15) is 127 Å². The molecule has 0 aromatic heterocycles. The lowest BCUT2D eigenvalue weighted by atomic mass is 9.72. The molecule has 2 aromatic carbocycles. The van der Waals surface area contributed by atoms with E-state index in [4.69, 9.17) is 0 Å². The van der Waals surface area contributed by atoms with E-state index < -0.39 is 0 Å². The first-order chi connectivity index (χ1) is 15.0. The van der Waals surface area contributed by atoms with Crippen LogP contribution in [0.4, 0.5) is 0 Å². The Morgan fingerprint density at radius 3 is 1.68 bits per heavy atom. The van der Waals surface area contributed by atoms with Crippen LogP contribution in [0.15, 0.2) is 48.5 Å². The van der Waals surface area contributed by atoms with Crippen molar-refractivity contribution in [1.29, 1.82) is 0 Å². The van der Waals surface area contributed by atoms with Crippen LogP contribution in [0.5, 0.6) is 5.75 Å². The van der Waals surface area contributed by atoms with Crippen molar-refractivity contribution in [2.75, 3.05) is 0 Å². The van der Waals surface area contributed by atoms with Gasteiger partial charge in [-0.3, -0.25) is 0 Å². The average molecular weight is 423 g/mol. The number of hydrogen-bond donors (Lipinski definition) is 1. The number of unbranched alkanes of at least 4 members (excludes halogenated alkanes) is 8. The summed E-state index contributed by atoms with van der Waals surface area (Å²) in [7, 11) is 0. The van der Waals surface area contributed by atoms with Crippen LogP contribution in [-0.4, -0.2) is 5.11 Å². The fraction of sp³-hybridized carbons (Fsp3) is 0.600. The summed E-state index contributed by atoms with van der Waals surface area (Å²) in [5.74, 6) is 1.02. The maximum absolute atomic E-state index is 10.6. The smallest absolute Gasteiger partial charge is 0.119 e. The first kappa shape index (κ1) is 25.5. The summed E-state index contributed by atoms with van der Waals surface area (Å²) in [5, 5.41) is 10.6. The van der Waals surface area contributed by atoms with Crippen molar-refractivity contribution in [2.24, 2.45) is 0 Å². The standard InChI is InChI=1S/C30H46O/c1-5-7-9-11-13-19-25(20-14-12-10-8-6-2)26-21-15-16-22-27(26)30(3,4)28-23-17-18-24-29(28)31/h15-18,21-25,31H,5-14,19-20H2,1-4H3. The Labute approximate surface area is 192 Å². The van der Waals surface area contributed by atoms with Gasteiger partial charge >= 0.3 is 0 Å². The molecule has 0 radical (unpaired) electrons. The Bertz CT molecular complexity index is 732. The van der Waals surface area contributed by atoms with Crippen molar-refractivity contribution < 1.29 is 5.11 Å². The SMILES string of the molecule is CCCCCCCC(CCCCCCC)c1ccccc1C(C)(C)c1ccccc1O. The molecule has 1 nitrogen and oxygen atoms in total. The van der Waals surface area contributed by atoms with Crippen molar-refractivity contribution in [3.63, 3.8) is 0 Å². The Morgan fingerprint density at radius 1 is 0.645 bits per heavy atom. The summed E-state index contributed by atoms with van der Waals surface area (Å²) >= 11 is 0. The fourth-order valence-corrected chi connectivity index (χ4v) is 5.01. The number of phenols is 1. The van der Waals surface area contributed by atoms with Gasteiger partial charge in [0.05, 0.1) is 0 Å². The minimum absolute atomic E-state index is 0.218. The van der Waals surface area contributed by atoms with Gasteiger partial charge < -0.3 is 5.11 Å². The molecule has 0 atom stereocenters. The van der Waals surface area contributed by atoms with Crippen LogP contribution in [0.2, 0.25) is 0 Å². The van der Waals surface area contributed by atoms with E-state index in [1.54, 1.807) is 0 Å². The Balaban J connectivity index is 2.24. The highest BCUT2D eigenvalue weighted by Crippen LogP contribution is 2.42. The third-order valence-corrected chi connectivity index (χ3v) is 6.96. The van der Waals surface area contributed by atoms with Gasteiger partial charge in [-0.05, 0) is 36.0 Å². The highest BCUT2D eigenvalue weighted by Gasteiger charge is 2.30. The minimum atomic E-state index is -0.218. The average Bonchev–Trinajstić information content (AvgIpc) is 2.77. The van der Waals surface area contributed by atoms with Gasteiger partial charge in [-0.25, -0.2) is 0 Å². The lowest BCUT2D eigenvalue weighted by molar-refractivity contribution is 0.449. The third kappa shape index (κ3) is 7.70. The number of benzene rings is 2. The number of rotatable bonds is 15. The number of aromatic hydroxyl groups is 1. The van der Waals surface area contributed by atoms with Gasteiger partial charge in [0.25, 0.3) is 0 Å². The molecular weight excluding hydrogens is 376 g/mol. The molecule has 0 aliphatic carbocycles. The minimum Gasteiger partial charge on any atom is -0.508 e. The summed E-state index contributed by atoms with van der Waals surface area (Å²) in [4.78, 5) is 0. The second-order valence-electron chi connectivity index (χ2n) is 9.83. The zero-order valence-electron chi connectivity index (χ0n) is 20.6. The normalized spacial score (nSPS) is 11.9. The Kier molecular flexibility index (Phi) is 11.2. The van der Waals surface area contributed by atoms with Crippen molar-refractivity contribution in [3.8, 4) is 5.75 Å². The lowest BCUT2D eigenvalue weighted by Gasteiger charge is -2.32. The van der Waals surface area contributed by atoms with E-state index in [-0.39, 0.29) is 5.41 Å². The number of phenolic OH excluding ortho intramolecular Hbond substituents is 1. The van der Waals surface area contributed by atoms with E-state index in [0.717, 1.165) is 5.56 Å². The van der Waals surface area contributed by atoms with E-state index in [0.29, 0.717) is 11.7 Å². The molecule has 0 unspecified atom stereocenters. The van der Waals surface area contributed by atoms with E-state index >= 15 is 0 Å². The summed E-state index contributed by atoms with van der Waals surface area (Å²) in [5.41, 5.74) is 3.68. The molecule has 0 aliphatic heterocycles. The quantitative estimate of drug-likeness (QED) is 0.283. The molecule has 0 bridgehead atoms. The van der Waals surface area contributed by atoms with E-state index in [1.165, 1.54) is 88.2 Å².